The number of carbonyl (C=O) groups excluding carboxylic acids is 1. The highest BCUT2D eigenvalue weighted by Crippen LogP contribution is 2.24. The third-order valence-electron chi connectivity index (χ3n) is 3.81. The molecule has 0 unspecified atom stereocenters. The van der Waals surface area contributed by atoms with E-state index in [1.807, 2.05) is 37.3 Å². The van der Waals surface area contributed by atoms with Gasteiger partial charge < -0.3 is 5.32 Å². The number of hydrogen-bond donors (Lipinski definition) is 1. The molecule has 0 radical (unpaired) electrons. The maximum atomic E-state index is 12.4. The maximum absolute atomic E-state index is 12.4. The molecular formula is C17H16BrNO. The van der Waals surface area contributed by atoms with E-state index in [4.69, 9.17) is 0 Å². The van der Waals surface area contributed by atoms with Crippen molar-refractivity contribution in [3.05, 3.63) is 63.1 Å². The molecule has 1 amide bonds. The number of amides is 1. The number of benzene rings is 2. The van der Waals surface area contributed by atoms with Gasteiger partial charge in [-0.2, -0.15) is 0 Å². The van der Waals surface area contributed by atoms with Crippen LogP contribution in [0.15, 0.2) is 40.9 Å². The van der Waals surface area contributed by atoms with Gasteiger partial charge in [-0.3, -0.25) is 4.79 Å². The van der Waals surface area contributed by atoms with Crippen molar-refractivity contribution in [2.24, 2.45) is 0 Å². The van der Waals surface area contributed by atoms with Crippen molar-refractivity contribution >= 4 is 27.5 Å². The number of carbonyl (C=O) groups is 1. The second kappa shape index (κ2) is 5.41. The van der Waals surface area contributed by atoms with E-state index in [-0.39, 0.29) is 5.91 Å². The van der Waals surface area contributed by atoms with Crippen molar-refractivity contribution in [1.82, 2.24) is 0 Å². The maximum Gasteiger partial charge on any atom is 0.255 e. The minimum absolute atomic E-state index is 0.0408. The average molecular weight is 330 g/mol. The minimum Gasteiger partial charge on any atom is -0.322 e. The van der Waals surface area contributed by atoms with E-state index in [1.165, 1.54) is 17.5 Å². The van der Waals surface area contributed by atoms with Crippen molar-refractivity contribution < 1.29 is 4.79 Å². The fraction of sp³-hybridized carbons (Fsp3) is 0.235. The van der Waals surface area contributed by atoms with E-state index in [0.29, 0.717) is 0 Å². The van der Waals surface area contributed by atoms with Gasteiger partial charge in [0.05, 0.1) is 0 Å². The Labute approximate surface area is 127 Å². The molecule has 0 atom stereocenters. The van der Waals surface area contributed by atoms with Crippen LogP contribution >= 0.6 is 15.9 Å². The Hall–Kier alpha value is -1.61. The lowest BCUT2D eigenvalue weighted by Gasteiger charge is -2.10. The van der Waals surface area contributed by atoms with Crippen molar-refractivity contribution in [1.29, 1.82) is 0 Å². The quantitative estimate of drug-likeness (QED) is 0.863. The first-order valence-electron chi connectivity index (χ1n) is 6.83. The van der Waals surface area contributed by atoms with Crippen LogP contribution in [0.3, 0.4) is 0 Å². The molecule has 2 nitrogen and oxygen atoms in total. The zero-order valence-corrected chi connectivity index (χ0v) is 13.0. The molecule has 0 saturated heterocycles. The number of rotatable bonds is 2. The van der Waals surface area contributed by atoms with Crippen molar-refractivity contribution in [2.75, 3.05) is 5.32 Å². The average Bonchev–Trinajstić information content (AvgIpc) is 2.90. The van der Waals surface area contributed by atoms with Crippen LogP contribution in [-0.4, -0.2) is 5.91 Å². The molecule has 2 aromatic carbocycles. The molecular weight excluding hydrogens is 314 g/mol. The van der Waals surface area contributed by atoms with Crippen LogP contribution < -0.4 is 5.32 Å². The Kier molecular flexibility index (Phi) is 3.62. The fourth-order valence-corrected chi connectivity index (χ4v) is 3.00. The van der Waals surface area contributed by atoms with Crippen LogP contribution in [0.1, 0.15) is 33.5 Å². The molecule has 3 rings (SSSR count). The minimum atomic E-state index is -0.0408. The Bertz CT molecular complexity index is 679. The molecule has 0 aromatic heterocycles. The van der Waals surface area contributed by atoms with Gasteiger partial charge in [0.2, 0.25) is 0 Å². The van der Waals surface area contributed by atoms with Crippen molar-refractivity contribution in [3.63, 3.8) is 0 Å². The Morgan fingerprint density at radius 2 is 1.90 bits per heavy atom. The van der Waals surface area contributed by atoms with E-state index >= 15 is 0 Å². The predicted octanol–water partition coefficient (Wildman–Crippen LogP) is 4.50. The summed E-state index contributed by atoms with van der Waals surface area (Å²) >= 11 is 3.43. The lowest BCUT2D eigenvalue weighted by atomic mass is 10.1. The Balaban J connectivity index is 1.84. The third kappa shape index (κ3) is 2.63. The van der Waals surface area contributed by atoms with Gasteiger partial charge in [0, 0.05) is 15.7 Å². The van der Waals surface area contributed by atoms with E-state index in [2.05, 4.69) is 27.3 Å². The molecule has 2 aromatic rings. The van der Waals surface area contributed by atoms with Gasteiger partial charge >= 0.3 is 0 Å². The first-order valence-corrected chi connectivity index (χ1v) is 7.62. The van der Waals surface area contributed by atoms with Gasteiger partial charge in [0.1, 0.15) is 0 Å². The number of fused-ring (bicyclic) bond motifs is 1. The molecule has 0 spiro atoms. The summed E-state index contributed by atoms with van der Waals surface area (Å²) in [6, 6.07) is 11.9. The lowest BCUT2D eigenvalue weighted by molar-refractivity contribution is 0.102. The highest BCUT2D eigenvalue weighted by molar-refractivity contribution is 9.10. The summed E-state index contributed by atoms with van der Waals surface area (Å²) in [5, 5.41) is 2.99. The molecule has 0 fully saturated rings. The smallest absolute Gasteiger partial charge is 0.255 e. The largest absolute Gasteiger partial charge is 0.322 e. The molecule has 1 N–H and O–H groups in total. The molecule has 102 valence electrons. The van der Waals surface area contributed by atoms with E-state index in [0.717, 1.165) is 34.1 Å². The summed E-state index contributed by atoms with van der Waals surface area (Å²) in [7, 11) is 0. The van der Waals surface area contributed by atoms with Crippen molar-refractivity contribution in [2.45, 2.75) is 26.2 Å². The van der Waals surface area contributed by atoms with Crippen LogP contribution in [0.2, 0.25) is 0 Å². The lowest BCUT2D eigenvalue weighted by Crippen LogP contribution is -2.13. The van der Waals surface area contributed by atoms with Gasteiger partial charge in [-0.1, -0.05) is 28.1 Å². The second-order valence-electron chi connectivity index (χ2n) is 5.25. The fourth-order valence-electron chi connectivity index (χ4n) is 2.64. The third-order valence-corrected chi connectivity index (χ3v) is 4.30. The van der Waals surface area contributed by atoms with Gasteiger partial charge in [-0.25, -0.2) is 0 Å². The zero-order chi connectivity index (χ0) is 14.1. The summed E-state index contributed by atoms with van der Waals surface area (Å²) in [4.78, 5) is 12.4. The van der Waals surface area contributed by atoms with Crippen LogP contribution in [-0.2, 0) is 12.8 Å². The van der Waals surface area contributed by atoms with Gasteiger partial charge in [0.15, 0.2) is 0 Å². The SMILES string of the molecule is Cc1ccc(Br)cc1NC(=O)c1ccc2c(c1)CCC2. The molecule has 0 aliphatic heterocycles. The summed E-state index contributed by atoms with van der Waals surface area (Å²) < 4.78 is 0.965. The van der Waals surface area contributed by atoms with Crippen LogP contribution in [0, 0.1) is 6.92 Å². The molecule has 1 aliphatic rings. The van der Waals surface area contributed by atoms with E-state index < -0.39 is 0 Å². The number of anilines is 1. The van der Waals surface area contributed by atoms with Gasteiger partial charge in [0.25, 0.3) is 5.91 Å². The summed E-state index contributed by atoms with van der Waals surface area (Å²) in [6.45, 7) is 1.99. The zero-order valence-electron chi connectivity index (χ0n) is 11.4. The normalized spacial score (nSPS) is 13.1. The van der Waals surface area contributed by atoms with Gasteiger partial charge in [-0.15, -0.1) is 0 Å². The van der Waals surface area contributed by atoms with E-state index in [9.17, 15) is 4.79 Å². The molecule has 20 heavy (non-hydrogen) atoms. The predicted molar refractivity (Wildman–Crippen MR) is 85.3 cm³/mol. The summed E-state index contributed by atoms with van der Waals surface area (Å²) in [6.07, 6.45) is 3.43. The summed E-state index contributed by atoms with van der Waals surface area (Å²) in [5.74, 6) is -0.0408. The molecule has 0 saturated carbocycles. The molecule has 0 bridgehead atoms. The van der Waals surface area contributed by atoms with E-state index in [1.54, 1.807) is 0 Å². The van der Waals surface area contributed by atoms with Gasteiger partial charge in [-0.05, 0) is 67.1 Å². The summed E-state index contributed by atoms with van der Waals surface area (Å²) in [5.41, 5.74) is 5.36. The first kappa shape index (κ1) is 13.4. The van der Waals surface area contributed by atoms with Crippen LogP contribution in [0.4, 0.5) is 5.69 Å². The number of nitrogens with one attached hydrogen (secondary N) is 1. The number of hydrogen-bond acceptors (Lipinski definition) is 1. The standard InChI is InChI=1S/C17H16BrNO/c1-11-5-8-15(18)10-16(11)19-17(20)14-7-6-12-3-2-4-13(12)9-14/h5-10H,2-4H2,1H3,(H,19,20). The highest BCUT2D eigenvalue weighted by Gasteiger charge is 2.14. The topological polar surface area (TPSA) is 29.1 Å². The monoisotopic (exact) mass is 329 g/mol. The number of aryl methyl sites for hydroxylation is 3. The van der Waals surface area contributed by atoms with Crippen LogP contribution in [0.5, 0.6) is 0 Å². The second-order valence-corrected chi connectivity index (χ2v) is 6.17. The molecule has 0 heterocycles. The highest BCUT2D eigenvalue weighted by atomic mass is 79.9. The van der Waals surface area contributed by atoms with Crippen molar-refractivity contribution in [3.8, 4) is 0 Å². The number of halogens is 1. The Morgan fingerprint density at radius 1 is 1.10 bits per heavy atom. The molecule has 3 heteroatoms. The molecule has 1 aliphatic carbocycles. The first-order chi connectivity index (χ1) is 9.63. The van der Waals surface area contributed by atoms with Crippen LogP contribution in [0.25, 0.3) is 0 Å². The Morgan fingerprint density at radius 3 is 2.75 bits per heavy atom.